The van der Waals surface area contributed by atoms with Crippen molar-refractivity contribution in [3.63, 3.8) is 0 Å². The van der Waals surface area contributed by atoms with Crippen molar-refractivity contribution < 1.29 is 18.0 Å². The van der Waals surface area contributed by atoms with Crippen LogP contribution in [0.15, 0.2) is 65.8 Å². The van der Waals surface area contributed by atoms with Gasteiger partial charge in [-0.25, -0.2) is 18.2 Å². The zero-order valence-corrected chi connectivity index (χ0v) is 15.9. The van der Waals surface area contributed by atoms with Gasteiger partial charge in [0, 0.05) is 24.4 Å². The van der Waals surface area contributed by atoms with E-state index in [-0.39, 0.29) is 28.3 Å². The number of nitrogens with two attached hydrogens (primary N) is 1. The molecule has 1 aliphatic heterocycles. The molecular formula is C22H17F3N4O. The minimum Gasteiger partial charge on any atom is -0.369 e. The van der Waals surface area contributed by atoms with Gasteiger partial charge < -0.3 is 5.73 Å². The largest absolute Gasteiger partial charge is 0.369 e. The first-order chi connectivity index (χ1) is 14.4. The SMILES string of the molecule is CN1C(=O)C(c2ccnc(CF)c2)(c2cc(-c3ccccc3F)ccc2F)N=C1N. The van der Waals surface area contributed by atoms with Crippen LogP contribution >= 0.6 is 0 Å². The van der Waals surface area contributed by atoms with Crippen LogP contribution in [0.25, 0.3) is 11.1 Å². The molecule has 1 unspecified atom stereocenters. The summed E-state index contributed by atoms with van der Waals surface area (Å²) in [5.41, 5.74) is 4.78. The zero-order valence-electron chi connectivity index (χ0n) is 15.9. The monoisotopic (exact) mass is 410 g/mol. The molecule has 2 N–H and O–H groups in total. The fraction of sp³-hybridized carbons (Fsp3) is 0.136. The van der Waals surface area contributed by atoms with E-state index in [1.807, 2.05) is 0 Å². The summed E-state index contributed by atoms with van der Waals surface area (Å²) in [5.74, 6) is -1.95. The van der Waals surface area contributed by atoms with E-state index < -0.39 is 29.8 Å². The average Bonchev–Trinajstić information content (AvgIpc) is 2.99. The molecule has 0 fully saturated rings. The Kier molecular flexibility index (Phi) is 4.77. The van der Waals surface area contributed by atoms with Crippen LogP contribution in [0.1, 0.15) is 16.8 Å². The molecule has 30 heavy (non-hydrogen) atoms. The maximum atomic E-state index is 15.1. The minimum absolute atomic E-state index is 0.0636. The molecule has 0 bridgehead atoms. The number of aromatic nitrogens is 1. The summed E-state index contributed by atoms with van der Waals surface area (Å²) in [5, 5.41) is 0. The second kappa shape index (κ2) is 7.29. The Labute approximate surface area is 170 Å². The second-order valence-electron chi connectivity index (χ2n) is 6.89. The standard InChI is InChI=1S/C22H17F3N4O/c1-29-20(30)22(28-21(29)26,14-8-9-27-15(11-14)12-23)17-10-13(6-7-19(17)25)16-4-2-3-5-18(16)24/h2-11H,12H2,1H3,(H2,26,28). The lowest BCUT2D eigenvalue weighted by Crippen LogP contribution is -2.41. The molecule has 3 aromatic rings. The van der Waals surface area contributed by atoms with Gasteiger partial charge in [0.2, 0.25) is 0 Å². The van der Waals surface area contributed by atoms with Gasteiger partial charge in [-0.1, -0.05) is 24.3 Å². The third-order valence-electron chi connectivity index (χ3n) is 5.15. The van der Waals surface area contributed by atoms with Gasteiger partial charge in [-0.3, -0.25) is 14.7 Å². The van der Waals surface area contributed by atoms with Crippen molar-refractivity contribution in [1.82, 2.24) is 9.88 Å². The first kappa shape index (κ1) is 19.6. The van der Waals surface area contributed by atoms with Crippen LogP contribution in [-0.4, -0.2) is 28.8 Å². The number of guanidine groups is 1. The molecule has 2 heterocycles. The van der Waals surface area contributed by atoms with E-state index in [0.717, 1.165) is 11.0 Å². The Morgan fingerprint density at radius 3 is 2.50 bits per heavy atom. The van der Waals surface area contributed by atoms with Crippen LogP contribution in [0.2, 0.25) is 0 Å². The Morgan fingerprint density at radius 1 is 1.07 bits per heavy atom. The third-order valence-corrected chi connectivity index (χ3v) is 5.15. The molecule has 0 saturated carbocycles. The highest BCUT2D eigenvalue weighted by Crippen LogP contribution is 2.42. The molecule has 8 heteroatoms. The van der Waals surface area contributed by atoms with Gasteiger partial charge in [0.05, 0.1) is 5.69 Å². The van der Waals surface area contributed by atoms with Crippen LogP contribution in [0.5, 0.6) is 0 Å². The number of amides is 1. The molecule has 0 saturated heterocycles. The van der Waals surface area contributed by atoms with Crippen molar-refractivity contribution in [2.24, 2.45) is 10.7 Å². The van der Waals surface area contributed by atoms with Gasteiger partial charge in [0.1, 0.15) is 18.3 Å². The molecule has 5 nitrogen and oxygen atoms in total. The average molecular weight is 410 g/mol. The van der Waals surface area contributed by atoms with Crippen molar-refractivity contribution in [3.05, 3.63) is 89.2 Å². The fourth-order valence-corrected chi connectivity index (χ4v) is 3.60. The lowest BCUT2D eigenvalue weighted by Gasteiger charge is -2.27. The normalized spacial score (nSPS) is 18.6. The second-order valence-corrected chi connectivity index (χ2v) is 6.89. The number of carbonyl (C=O) groups excluding carboxylic acids is 1. The van der Waals surface area contributed by atoms with E-state index in [0.29, 0.717) is 5.56 Å². The molecule has 2 aromatic carbocycles. The van der Waals surface area contributed by atoms with Crippen molar-refractivity contribution in [2.45, 2.75) is 12.2 Å². The Bertz CT molecular complexity index is 1180. The van der Waals surface area contributed by atoms with Gasteiger partial charge in [-0.05, 0) is 41.5 Å². The van der Waals surface area contributed by atoms with E-state index >= 15 is 4.39 Å². The van der Waals surface area contributed by atoms with Gasteiger partial charge in [0.15, 0.2) is 11.5 Å². The number of nitrogens with zero attached hydrogens (tertiary/aromatic N) is 3. The lowest BCUT2D eigenvalue weighted by atomic mass is 9.81. The molecule has 4 rings (SSSR count). The molecule has 0 spiro atoms. The number of rotatable bonds is 4. The van der Waals surface area contributed by atoms with Crippen molar-refractivity contribution in [3.8, 4) is 11.1 Å². The van der Waals surface area contributed by atoms with Crippen LogP contribution < -0.4 is 5.73 Å². The molecule has 1 atom stereocenters. The number of alkyl halides is 1. The molecule has 152 valence electrons. The highest BCUT2D eigenvalue weighted by Gasteiger charge is 2.51. The van der Waals surface area contributed by atoms with Gasteiger partial charge >= 0.3 is 0 Å². The molecule has 0 radical (unpaired) electrons. The number of pyridine rings is 1. The topological polar surface area (TPSA) is 71.6 Å². The van der Waals surface area contributed by atoms with E-state index in [1.165, 1.54) is 43.6 Å². The van der Waals surface area contributed by atoms with E-state index in [4.69, 9.17) is 5.73 Å². The highest BCUT2D eigenvalue weighted by atomic mass is 19.1. The zero-order chi connectivity index (χ0) is 21.5. The number of hydrogen-bond donors (Lipinski definition) is 1. The van der Waals surface area contributed by atoms with Gasteiger partial charge in [-0.2, -0.15) is 0 Å². The van der Waals surface area contributed by atoms with E-state index in [1.54, 1.807) is 18.2 Å². The summed E-state index contributed by atoms with van der Waals surface area (Å²) in [6, 6.07) is 12.8. The number of aliphatic imine (C=N–C) groups is 1. The summed E-state index contributed by atoms with van der Waals surface area (Å²) < 4.78 is 42.7. The first-order valence-corrected chi connectivity index (χ1v) is 9.08. The molecule has 0 aliphatic carbocycles. The number of benzene rings is 2. The van der Waals surface area contributed by atoms with E-state index in [2.05, 4.69) is 9.98 Å². The van der Waals surface area contributed by atoms with Crippen molar-refractivity contribution in [2.75, 3.05) is 7.05 Å². The van der Waals surface area contributed by atoms with Gasteiger partial charge in [-0.15, -0.1) is 0 Å². The first-order valence-electron chi connectivity index (χ1n) is 9.08. The minimum atomic E-state index is -1.88. The molecule has 1 aliphatic rings. The Hall–Kier alpha value is -3.68. The van der Waals surface area contributed by atoms with Crippen LogP contribution in [0.4, 0.5) is 13.2 Å². The van der Waals surface area contributed by atoms with Crippen LogP contribution in [-0.2, 0) is 17.0 Å². The predicted octanol–water partition coefficient (Wildman–Crippen LogP) is 3.53. The molecule has 1 aromatic heterocycles. The number of carbonyl (C=O) groups is 1. The van der Waals surface area contributed by atoms with Gasteiger partial charge in [0.25, 0.3) is 5.91 Å². The lowest BCUT2D eigenvalue weighted by molar-refractivity contribution is -0.129. The summed E-state index contributed by atoms with van der Waals surface area (Å²) in [4.78, 5) is 22.6. The smallest absolute Gasteiger partial charge is 0.266 e. The van der Waals surface area contributed by atoms with E-state index in [9.17, 15) is 13.6 Å². The number of likely N-dealkylation sites (N-methyl/N-ethyl adjacent to an activating group) is 1. The molecular weight excluding hydrogens is 393 g/mol. The van der Waals surface area contributed by atoms with Crippen LogP contribution in [0.3, 0.4) is 0 Å². The summed E-state index contributed by atoms with van der Waals surface area (Å²) >= 11 is 0. The van der Waals surface area contributed by atoms with Crippen molar-refractivity contribution in [1.29, 1.82) is 0 Å². The summed E-state index contributed by atoms with van der Waals surface area (Å²) in [6.45, 7) is -0.870. The molecule has 1 amide bonds. The Balaban J connectivity index is 2.01. The number of hydrogen-bond acceptors (Lipinski definition) is 4. The maximum absolute atomic E-state index is 15.1. The predicted molar refractivity (Wildman–Crippen MR) is 106 cm³/mol. The van der Waals surface area contributed by atoms with Crippen LogP contribution in [0, 0.1) is 11.6 Å². The highest BCUT2D eigenvalue weighted by molar-refractivity contribution is 6.09. The van der Waals surface area contributed by atoms with Crippen molar-refractivity contribution >= 4 is 11.9 Å². The summed E-state index contributed by atoms with van der Waals surface area (Å²) in [6.07, 6.45) is 1.32. The summed E-state index contributed by atoms with van der Waals surface area (Å²) in [7, 11) is 1.42. The maximum Gasteiger partial charge on any atom is 0.266 e. The quantitative estimate of drug-likeness (QED) is 0.715. The third kappa shape index (κ3) is 2.92. The fourth-order valence-electron chi connectivity index (χ4n) is 3.60. The Morgan fingerprint density at radius 2 is 1.83 bits per heavy atom. The number of halogens is 3.